The van der Waals surface area contributed by atoms with Crippen LogP contribution in [0.15, 0.2) is 12.2 Å². The number of hydrogen-bond donors (Lipinski definition) is 0. The van der Waals surface area contributed by atoms with Crippen molar-refractivity contribution in [1.82, 2.24) is 0 Å². The highest BCUT2D eigenvalue weighted by molar-refractivity contribution is 5.87. The van der Waals surface area contributed by atoms with Crippen molar-refractivity contribution in [2.45, 2.75) is 105 Å². The number of esters is 1. The molecule has 0 aromatic rings. The van der Waals surface area contributed by atoms with E-state index < -0.39 is 0 Å². The van der Waals surface area contributed by atoms with Gasteiger partial charge in [-0.1, -0.05) is 33.8 Å². The fourth-order valence-corrected chi connectivity index (χ4v) is 2.12. The molecule has 1 saturated heterocycles. The fraction of sp³-hybridized carbons (Fsp3) is 0.842. The predicted octanol–water partition coefficient (Wildman–Crippen LogP) is 5.01. The Morgan fingerprint density at radius 3 is 2.43 bits per heavy atom. The third kappa shape index (κ3) is 10.5. The average Bonchev–Trinajstić information content (AvgIpc) is 2.52. The molecule has 4 unspecified atom stereocenters. The molecular weight excluding hydrogens is 292 g/mol. The molecule has 1 aliphatic rings. The monoisotopic (exact) mass is 328 g/mol. The summed E-state index contributed by atoms with van der Waals surface area (Å²) in [6.45, 7) is 15.5. The summed E-state index contributed by atoms with van der Waals surface area (Å²) in [7, 11) is 0. The van der Waals surface area contributed by atoms with Gasteiger partial charge >= 0.3 is 5.97 Å². The molecule has 0 amide bonds. The van der Waals surface area contributed by atoms with E-state index in [4.69, 9.17) is 14.2 Å². The minimum Gasteiger partial charge on any atom is -0.459 e. The molecule has 0 radical (unpaired) electrons. The average molecular weight is 328 g/mol. The minimum absolute atomic E-state index is 0.00389. The van der Waals surface area contributed by atoms with Crippen LogP contribution in [-0.2, 0) is 19.0 Å². The van der Waals surface area contributed by atoms with Gasteiger partial charge in [0.1, 0.15) is 0 Å². The first-order valence-corrected chi connectivity index (χ1v) is 9.01. The lowest BCUT2D eigenvalue weighted by molar-refractivity contribution is -0.241. The van der Waals surface area contributed by atoms with E-state index >= 15 is 0 Å². The summed E-state index contributed by atoms with van der Waals surface area (Å²) < 4.78 is 16.4. The van der Waals surface area contributed by atoms with E-state index in [-0.39, 0.29) is 18.4 Å². The first kappa shape index (κ1) is 22.1. The second-order valence-corrected chi connectivity index (χ2v) is 6.33. The maximum Gasteiger partial charge on any atom is 0.333 e. The molecule has 23 heavy (non-hydrogen) atoms. The molecule has 0 bridgehead atoms. The van der Waals surface area contributed by atoms with E-state index in [1.165, 1.54) is 12.8 Å². The lowest BCUT2D eigenvalue weighted by Gasteiger charge is -2.33. The molecule has 136 valence electrons. The maximum absolute atomic E-state index is 10.8. The summed E-state index contributed by atoms with van der Waals surface area (Å²) in [6.07, 6.45) is 7.35. The first-order chi connectivity index (χ1) is 10.8. The van der Waals surface area contributed by atoms with E-state index in [9.17, 15) is 4.79 Å². The van der Waals surface area contributed by atoms with Gasteiger partial charge in [-0.15, -0.1) is 0 Å². The summed E-state index contributed by atoms with van der Waals surface area (Å²) >= 11 is 0. The lowest BCUT2D eigenvalue weighted by Crippen LogP contribution is -2.36. The largest absolute Gasteiger partial charge is 0.459 e. The molecule has 0 aliphatic carbocycles. The zero-order valence-electron chi connectivity index (χ0n) is 15.9. The molecule has 0 N–H and O–H groups in total. The molecule has 1 aliphatic heterocycles. The van der Waals surface area contributed by atoms with Crippen molar-refractivity contribution in [3.8, 4) is 0 Å². The lowest BCUT2D eigenvalue weighted by atomic mass is 10.1. The topological polar surface area (TPSA) is 44.8 Å². The zero-order chi connectivity index (χ0) is 17.8. The van der Waals surface area contributed by atoms with Crippen molar-refractivity contribution in [1.29, 1.82) is 0 Å². The van der Waals surface area contributed by atoms with Crippen molar-refractivity contribution in [3.63, 3.8) is 0 Å². The summed E-state index contributed by atoms with van der Waals surface area (Å²) in [5.41, 5.74) is 0.459. The van der Waals surface area contributed by atoms with Gasteiger partial charge in [-0.25, -0.2) is 4.79 Å². The zero-order valence-corrected chi connectivity index (χ0v) is 15.9. The van der Waals surface area contributed by atoms with Crippen molar-refractivity contribution in [2.24, 2.45) is 0 Å². The molecule has 4 heteroatoms. The predicted molar refractivity (Wildman–Crippen MR) is 94.3 cm³/mol. The number of ether oxygens (including phenoxy) is 3. The quantitative estimate of drug-likeness (QED) is 0.487. The Morgan fingerprint density at radius 1 is 1.30 bits per heavy atom. The first-order valence-electron chi connectivity index (χ1n) is 9.01. The Kier molecular flexibility index (Phi) is 12.1. The van der Waals surface area contributed by atoms with Crippen LogP contribution in [0.3, 0.4) is 0 Å². The number of carbonyl (C=O) groups is 1. The van der Waals surface area contributed by atoms with E-state index in [1.807, 2.05) is 13.8 Å². The molecule has 1 rings (SSSR count). The molecular formula is C19H36O4. The van der Waals surface area contributed by atoms with Gasteiger partial charge in [0.05, 0.1) is 18.3 Å². The van der Waals surface area contributed by atoms with Crippen LogP contribution in [0.5, 0.6) is 0 Å². The van der Waals surface area contributed by atoms with Crippen LogP contribution in [0.25, 0.3) is 0 Å². The minimum atomic E-state index is -0.297. The molecule has 1 heterocycles. The highest BCUT2D eigenvalue weighted by Crippen LogP contribution is 2.23. The van der Waals surface area contributed by atoms with Crippen LogP contribution in [-0.4, -0.2) is 30.6 Å². The highest BCUT2D eigenvalue weighted by Gasteiger charge is 2.25. The molecule has 0 aromatic carbocycles. The van der Waals surface area contributed by atoms with Gasteiger partial charge in [0.25, 0.3) is 0 Å². The Hall–Kier alpha value is -0.870. The molecule has 4 nitrogen and oxygen atoms in total. The molecule has 0 saturated carbocycles. The molecule has 1 fully saturated rings. The Balaban J connectivity index is 0.000000438. The molecule has 4 atom stereocenters. The van der Waals surface area contributed by atoms with Crippen LogP contribution in [0.1, 0.15) is 80.1 Å². The SMILES string of the molecule is C=C(C)C(=O)OC(C)CC.CCCCC1OC(C)CC(CC)O1. The van der Waals surface area contributed by atoms with Crippen molar-refractivity contribution >= 4 is 5.97 Å². The van der Waals surface area contributed by atoms with Gasteiger partial charge in [0, 0.05) is 5.57 Å². The number of unbranched alkanes of at least 4 members (excludes halogenated alkanes) is 1. The molecule has 0 aromatic heterocycles. The van der Waals surface area contributed by atoms with E-state index in [2.05, 4.69) is 27.4 Å². The summed E-state index contributed by atoms with van der Waals surface area (Å²) in [5.74, 6) is -0.297. The highest BCUT2D eigenvalue weighted by atomic mass is 16.7. The third-order valence-electron chi connectivity index (χ3n) is 3.80. The van der Waals surface area contributed by atoms with Crippen molar-refractivity contribution < 1.29 is 19.0 Å². The second kappa shape index (κ2) is 12.5. The normalized spacial score (nSPS) is 25.0. The molecule has 0 spiro atoms. The summed E-state index contributed by atoms with van der Waals surface area (Å²) in [4.78, 5) is 10.8. The van der Waals surface area contributed by atoms with E-state index in [1.54, 1.807) is 6.92 Å². The van der Waals surface area contributed by atoms with E-state index in [0.717, 1.165) is 25.7 Å². The van der Waals surface area contributed by atoms with Crippen LogP contribution in [0, 0.1) is 0 Å². The van der Waals surface area contributed by atoms with Crippen molar-refractivity contribution in [3.05, 3.63) is 12.2 Å². The van der Waals surface area contributed by atoms with Crippen molar-refractivity contribution in [2.75, 3.05) is 0 Å². The van der Waals surface area contributed by atoms with Gasteiger partial charge in [0.2, 0.25) is 0 Å². The van der Waals surface area contributed by atoms with E-state index in [0.29, 0.717) is 17.8 Å². The fourth-order valence-electron chi connectivity index (χ4n) is 2.12. The summed E-state index contributed by atoms with van der Waals surface area (Å²) in [6, 6.07) is 0. The standard InChI is InChI=1S/C11H22O2.C8H14O2/c1-4-6-7-11-12-9(3)8-10(5-2)13-11;1-5-7(4)10-8(9)6(2)3/h9-11H,4-8H2,1-3H3;7H,2,5H2,1,3-4H3. The van der Waals surface area contributed by atoms with Crippen LogP contribution in [0.2, 0.25) is 0 Å². The van der Waals surface area contributed by atoms with Gasteiger partial charge in [-0.2, -0.15) is 0 Å². The number of carbonyl (C=O) groups excluding carboxylic acids is 1. The Morgan fingerprint density at radius 2 is 1.96 bits per heavy atom. The van der Waals surface area contributed by atoms with Crippen LogP contribution in [0.4, 0.5) is 0 Å². The van der Waals surface area contributed by atoms with Gasteiger partial charge in [0.15, 0.2) is 6.29 Å². The van der Waals surface area contributed by atoms with Gasteiger partial charge < -0.3 is 14.2 Å². The number of hydrogen-bond acceptors (Lipinski definition) is 4. The second-order valence-electron chi connectivity index (χ2n) is 6.33. The van der Waals surface area contributed by atoms with Crippen LogP contribution >= 0.6 is 0 Å². The summed E-state index contributed by atoms with van der Waals surface area (Å²) in [5, 5.41) is 0. The smallest absolute Gasteiger partial charge is 0.333 e. The third-order valence-corrected chi connectivity index (χ3v) is 3.80. The maximum atomic E-state index is 10.8. The van der Waals surface area contributed by atoms with Gasteiger partial charge in [-0.3, -0.25) is 0 Å². The van der Waals surface area contributed by atoms with Gasteiger partial charge in [-0.05, 0) is 52.9 Å². The van der Waals surface area contributed by atoms with Crippen LogP contribution < -0.4 is 0 Å². The Bertz CT molecular complexity index is 340. The number of rotatable bonds is 7. The Labute approximate surface area is 142 Å².